The van der Waals surface area contributed by atoms with Crippen LogP contribution in [-0.2, 0) is 11.3 Å². The molecule has 0 fully saturated rings. The van der Waals surface area contributed by atoms with E-state index in [1.165, 1.54) is 7.11 Å². The first-order chi connectivity index (χ1) is 7.84. The largest absolute Gasteiger partial charge is 0.496 e. The van der Waals surface area contributed by atoms with Crippen LogP contribution in [0.5, 0.6) is 5.75 Å². The molecule has 17 heavy (non-hydrogen) atoms. The first-order valence-electron chi connectivity index (χ1n) is 4.83. The standard InChI is InChI=1S/C11H12F3NO2/c1-7-3-4-9(17-2)8(5-7)6-15-10(16)11(12,13)14/h3-5H,6H2,1-2H3,(H,15,16). The molecule has 6 heteroatoms. The van der Waals surface area contributed by atoms with Gasteiger partial charge < -0.3 is 10.1 Å². The highest BCUT2D eigenvalue weighted by Crippen LogP contribution is 2.20. The molecule has 0 heterocycles. The van der Waals surface area contributed by atoms with Crippen LogP contribution in [0.25, 0.3) is 0 Å². The Morgan fingerprint density at radius 1 is 1.41 bits per heavy atom. The maximum atomic E-state index is 12.0. The van der Waals surface area contributed by atoms with Crippen LogP contribution in [0, 0.1) is 6.92 Å². The van der Waals surface area contributed by atoms with E-state index in [4.69, 9.17) is 4.74 Å². The summed E-state index contributed by atoms with van der Waals surface area (Å²) in [5, 5.41) is 1.80. The van der Waals surface area contributed by atoms with Gasteiger partial charge in [0.15, 0.2) is 0 Å². The first-order valence-corrected chi connectivity index (χ1v) is 4.83. The number of aryl methyl sites for hydroxylation is 1. The average molecular weight is 247 g/mol. The maximum absolute atomic E-state index is 12.0. The normalized spacial score (nSPS) is 11.1. The molecule has 0 aromatic heterocycles. The van der Waals surface area contributed by atoms with Crippen LogP contribution in [0.15, 0.2) is 18.2 Å². The zero-order valence-corrected chi connectivity index (χ0v) is 9.39. The van der Waals surface area contributed by atoms with Crippen LogP contribution in [0.2, 0.25) is 0 Å². The molecule has 1 amide bonds. The summed E-state index contributed by atoms with van der Waals surface area (Å²) in [4.78, 5) is 10.6. The molecule has 0 radical (unpaired) electrons. The van der Waals surface area contributed by atoms with Crippen molar-refractivity contribution in [2.24, 2.45) is 0 Å². The molecular formula is C11H12F3NO2. The van der Waals surface area contributed by atoms with E-state index >= 15 is 0 Å². The Balaban J connectivity index is 2.75. The minimum atomic E-state index is -4.86. The first kappa shape index (κ1) is 13.3. The average Bonchev–Trinajstić information content (AvgIpc) is 2.24. The molecule has 1 aromatic carbocycles. The third kappa shape index (κ3) is 3.65. The number of ether oxygens (including phenoxy) is 1. The van der Waals surface area contributed by atoms with Gasteiger partial charge in [0, 0.05) is 12.1 Å². The second-order valence-electron chi connectivity index (χ2n) is 3.50. The van der Waals surface area contributed by atoms with E-state index < -0.39 is 12.1 Å². The number of methoxy groups -OCH3 is 1. The van der Waals surface area contributed by atoms with E-state index in [0.717, 1.165) is 5.56 Å². The van der Waals surface area contributed by atoms with Gasteiger partial charge in [-0.1, -0.05) is 17.7 Å². The van der Waals surface area contributed by atoms with E-state index in [0.29, 0.717) is 11.3 Å². The number of hydrogen-bond donors (Lipinski definition) is 1. The molecule has 0 bridgehead atoms. The molecule has 0 saturated heterocycles. The highest BCUT2D eigenvalue weighted by atomic mass is 19.4. The lowest BCUT2D eigenvalue weighted by Crippen LogP contribution is -2.36. The summed E-state index contributed by atoms with van der Waals surface area (Å²) >= 11 is 0. The number of nitrogens with one attached hydrogen (secondary N) is 1. The number of halogens is 3. The quantitative estimate of drug-likeness (QED) is 0.889. The fraction of sp³-hybridized carbons (Fsp3) is 0.364. The second kappa shape index (κ2) is 5.07. The molecule has 1 aromatic rings. The molecule has 94 valence electrons. The Labute approximate surface area is 96.6 Å². The van der Waals surface area contributed by atoms with Crippen LogP contribution in [0.4, 0.5) is 13.2 Å². The Bertz CT molecular complexity index is 416. The maximum Gasteiger partial charge on any atom is 0.471 e. The van der Waals surface area contributed by atoms with Crippen molar-refractivity contribution in [2.45, 2.75) is 19.6 Å². The van der Waals surface area contributed by atoms with Crippen LogP contribution in [0.3, 0.4) is 0 Å². The van der Waals surface area contributed by atoms with Crippen molar-refractivity contribution in [3.05, 3.63) is 29.3 Å². The SMILES string of the molecule is COc1ccc(C)cc1CNC(=O)C(F)(F)F. The summed E-state index contributed by atoms with van der Waals surface area (Å²) in [6.07, 6.45) is -4.86. The summed E-state index contributed by atoms with van der Waals surface area (Å²) in [6, 6.07) is 5.08. The van der Waals surface area contributed by atoms with Crippen molar-refractivity contribution in [1.29, 1.82) is 0 Å². The second-order valence-corrected chi connectivity index (χ2v) is 3.50. The van der Waals surface area contributed by atoms with Crippen LogP contribution >= 0.6 is 0 Å². The van der Waals surface area contributed by atoms with E-state index in [9.17, 15) is 18.0 Å². The predicted octanol–water partition coefficient (Wildman–Crippen LogP) is 2.18. The molecule has 0 spiro atoms. The van der Waals surface area contributed by atoms with Crippen molar-refractivity contribution in [3.8, 4) is 5.75 Å². The van der Waals surface area contributed by atoms with E-state index in [2.05, 4.69) is 0 Å². The molecule has 1 N–H and O–H groups in total. The molecule has 0 unspecified atom stereocenters. The lowest BCUT2D eigenvalue weighted by atomic mass is 10.1. The summed E-state index contributed by atoms with van der Waals surface area (Å²) in [5.74, 6) is -1.51. The number of carbonyl (C=O) groups excluding carboxylic acids is 1. The lowest BCUT2D eigenvalue weighted by Gasteiger charge is -2.11. The van der Waals surface area contributed by atoms with Crippen LogP contribution < -0.4 is 10.1 Å². The summed E-state index contributed by atoms with van der Waals surface area (Å²) in [7, 11) is 1.42. The zero-order chi connectivity index (χ0) is 13.1. The predicted molar refractivity (Wildman–Crippen MR) is 55.6 cm³/mol. The summed E-state index contributed by atoms with van der Waals surface area (Å²) in [6.45, 7) is 1.58. The smallest absolute Gasteiger partial charge is 0.471 e. The Morgan fingerprint density at radius 3 is 2.59 bits per heavy atom. The molecule has 0 atom stereocenters. The monoisotopic (exact) mass is 247 g/mol. The molecular weight excluding hydrogens is 235 g/mol. The van der Waals surface area contributed by atoms with Crippen molar-refractivity contribution >= 4 is 5.91 Å². The Kier molecular flexibility index (Phi) is 3.98. The van der Waals surface area contributed by atoms with Gasteiger partial charge in [-0.05, 0) is 13.0 Å². The minimum Gasteiger partial charge on any atom is -0.496 e. The molecule has 3 nitrogen and oxygen atoms in total. The number of hydrogen-bond acceptors (Lipinski definition) is 2. The molecule has 0 aliphatic heterocycles. The van der Waals surface area contributed by atoms with Gasteiger partial charge >= 0.3 is 12.1 Å². The van der Waals surface area contributed by atoms with Gasteiger partial charge in [-0.15, -0.1) is 0 Å². The van der Waals surface area contributed by atoms with Gasteiger partial charge in [0.05, 0.1) is 7.11 Å². The fourth-order valence-corrected chi connectivity index (χ4v) is 1.32. The van der Waals surface area contributed by atoms with Crippen molar-refractivity contribution in [2.75, 3.05) is 7.11 Å². The van der Waals surface area contributed by atoms with Gasteiger partial charge in [0.1, 0.15) is 5.75 Å². The van der Waals surface area contributed by atoms with Gasteiger partial charge in [0.25, 0.3) is 0 Å². The number of amides is 1. The van der Waals surface area contributed by atoms with Gasteiger partial charge in [-0.2, -0.15) is 13.2 Å². The van der Waals surface area contributed by atoms with Crippen LogP contribution in [0.1, 0.15) is 11.1 Å². The molecule has 0 aliphatic rings. The zero-order valence-electron chi connectivity index (χ0n) is 9.39. The third-order valence-electron chi connectivity index (χ3n) is 2.13. The Morgan fingerprint density at radius 2 is 2.06 bits per heavy atom. The third-order valence-corrected chi connectivity index (χ3v) is 2.13. The highest BCUT2D eigenvalue weighted by Gasteiger charge is 2.38. The van der Waals surface area contributed by atoms with E-state index in [1.54, 1.807) is 30.4 Å². The van der Waals surface area contributed by atoms with Crippen molar-refractivity contribution in [1.82, 2.24) is 5.32 Å². The van der Waals surface area contributed by atoms with Crippen molar-refractivity contribution < 1.29 is 22.7 Å². The van der Waals surface area contributed by atoms with E-state index in [1.807, 2.05) is 0 Å². The number of benzene rings is 1. The van der Waals surface area contributed by atoms with E-state index in [-0.39, 0.29) is 6.54 Å². The topological polar surface area (TPSA) is 38.3 Å². The van der Waals surface area contributed by atoms with Gasteiger partial charge in [-0.3, -0.25) is 4.79 Å². The molecule has 0 saturated carbocycles. The number of carbonyl (C=O) groups is 1. The summed E-state index contributed by atoms with van der Waals surface area (Å²) in [5.41, 5.74) is 1.38. The minimum absolute atomic E-state index is 0.219. The Hall–Kier alpha value is -1.72. The van der Waals surface area contributed by atoms with Gasteiger partial charge in [-0.25, -0.2) is 0 Å². The summed E-state index contributed by atoms with van der Waals surface area (Å²) < 4.78 is 40.9. The van der Waals surface area contributed by atoms with Crippen molar-refractivity contribution in [3.63, 3.8) is 0 Å². The molecule has 1 rings (SSSR count). The molecule has 0 aliphatic carbocycles. The van der Waals surface area contributed by atoms with Crippen LogP contribution in [-0.4, -0.2) is 19.2 Å². The number of alkyl halides is 3. The highest BCUT2D eigenvalue weighted by molar-refractivity contribution is 5.81. The van der Waals surface area contributed by atoms with Gasteiger partial charge in [0.2, 0.25) is 0 Å². The lowest BCUT2D eigenvalue weighted by molar-refractivity contribution is -0.173. The fourth-order valence-electron chi connectivity index (χ4n) is 1.32. The number of rotatable bonds is 3.